The number of benzene rings is 1. The number of rotatable bonds is 5. The van der Waals surface area contributed by atoms with Crippen molar-refractivity contribution >= 4 is 5.97 Å². The number of aromatic nitrogens is 2. The first kappa shape index (κ1) is 12.8. The van der Waals surface area contributed by atoms with E-state index in [-0.39, 0.29) is 11.3 Å². The molecular formula is C15H16N2O3. The van der Waals surface area contributed by atoms with E-state index >= 15 is 0 Å². The number of carbonyl (C=O) groups is 1. The number of aliphatic carboxylic acids is 1. The van der Waals surface area contributed by atoms with Gasteiger partial charge in [-0.15, -0.1) is 10.2 Å². The summed E-state index contributed by atoms with van der Waals surface area (Å²) in [4.78, 5) is 11.3. The fourth-order valence-corrected chi connectivity index (χ4v) is 2.91. The second kappa shape index (κ2) is 4.74. The summed E-state index contributed by atoms with van der Waals surface area (Å²) in [6.07, 6.45) is 2.01. The molecule has 0 spiro atoms. The second-order valence-electron chi connectivity index (χ2n) is 5.33. The molecule has 0 aliphatic heterocycles. The van der Waals surface area contributed by atoms with Crippen LogP contribution in [0.15, 0.2) is 34.7 Å². The molecule has 2 aromatic rings. The number of aryl methyl sites for hydroxylation is 2. The Labute approximate surface area is 116 Å². The van der Waals surface area contributed by atoms with Crippen LogP contribution in [0.2, 0.25) is 0 Å². The Morgan fingerprint density at radius 3 is 2.70 bits per heavy atom. The fourth-order valence-electron chi connectivity index (χ4n) is 2.91. The van der Waals surface area contributed by atoms with Gasteiger partial charge in [0.1, 0.15) is 0 Å². The Balaban J connectivity index is 1.80. The maximum absolute atomic E-state index is 11.3. The lowest BCUT2D eigenvalue weighted by Gasteiger charge is -2.15. The molecule has 2 unspecified atom stereocenters. The predicted molar refractivity (Wildman–Crippen MR) is 71.2 cm³/mol. The Morgan fingerprint density at radius 2 is 2.15 bits per heavy atom. The number of nitrogens with zero attached hydrogens (tertiary/aromatic N) is 2. The first-order valence-corrected chi connectivity index (χ1v) is 6.69. The van der Waals surface area contributed by atoms with Crippen LogP contribution < -0.4 is 0 Å². The van der Waals surface area contributed by atoms with Crippen LogP contribution in [0.5, 0.6) is 0 Å². The van der Waals surface area contributed by atoms with Crippen LogP contribution in [0, 0.1) is 12.8 Å². The minimum absolute atomic E-state index is 0.282. The lowest BCUT2D eigenvalue weighted by atomic mass is 9.88. The number of hydrogen-bond acceptors (Lipinski definition) is 4. The average Bonchev–Trinajstić information content (AvgIpc) is 3.07. The molecule has 1 aromatic heterocycles. The van der Waals surface area contributed by atoms with Crippen LogP contribution in [-0.2, 0) is 16.6 Å². The minimum atomic E-state index is -0.726. The van der Waals surface area contributed by atoms with Gasteiger partial charge in [0.05, 0.1) is 5.92 Å². The summed E-state index contributed by atoms with van der Waals surface area (Å²) in [5.41, 5.74) is 0.804. The van der Waals surface area contributed by atoms with E-state index in [1.54, 1.807) is 6.92 Å². The van der Waals surface area contributed by atoms with E-state index in [0.717, 1.165) is 12.0 Å². The standard InChI is InChI=1S/C15H16N2O3/c1-10-16-17-13(20-10)7-8-15(9-12(15)14(18)19)11-5-3-2-4-6-11/h2-6,12H,7-9H2,1H3,(H,18,19). The van der Waals surface area contributed by atoms with Crippen molar-refractivity contribution in [3.8, 4) is 0 Å². The topological polar surface area (TPSA) is 76.2 Å². The van der Waals surface area contributed by atoms with Gasteiger partial charge in [0, 0.05) is 18.8 Å². The van der Waals surface area contributed by atoms with Gasteiger partial charge in [0.2, 0.25) is 11.8 Å². The highest BCUT2D eigenvalue weighted by Gasteiger charge is 2.58. The van der Waals surface area contributed by atoms with E-state index in [2.05, 4.69) is 10.2 Å². The van der Waals surface area contributed by atoms with E-state index in [1.807, 2.05) is 30.3 Å². The molecule has 104 valence electrons. The third-order valence-electron chi connectivity index (χ3n) is 4.07. The molecule has 2 atom stereocenters. The van der Waals surface area contributed by atoms with Gasteiger partial charge in [0.15, 0.2) is 0 Å². The maximum Gasteiger partial charge on any atom is 0.307 e. The number of carboxylic acid groups (broad SMARTS) is 1. The van der Waals surface area contributed by atoms with E-state index in [4.69, 9.17) is 4.42 Å². The van der Waals surface area contributed by atoms with Gasteiger partial charge in [-0.3, -0.25) is 4.79 Å². The summed E-state index contributed by atoms with van der Waals surface area (Å²) in [7, 11) is 0. The predicted octanol–water partition coefficient (Wildman–Crippen LogP) is 2.35. The van der Waals surface area contributed by atoms with Crippen LogP contribution >= 0.6 is 0 Å². The van der Waals surface area contributed by atoms with Crippen LogP contribution in [-0.4, -0.2) is 21.3 Å². The van der Waals surface area contributed by atoms with Gasteiger partial charge >= 0.3 is 5.97 Å². The maximum atomic E-state index is 11.3. The van der Waals surface area contributed by atoms with Gasteiger partial charge in [-0.1, -0.05) is 30.3 Å². The van der Waals surface area contributed by atoms with Crippen molar-refractivity contribution in [2.24, 2.45) is 5.92 Å². The smallest absolute Gasteiger partial charge is 0.307 e. The molecule has 5 heteroatoms. The van der Waals surface area contributed by atoms with Crippen molar-refractivity contribution in [2.45, 2.75) is 31.6 Å². The molecule has 3 rings (SSSR count). The monoisotopic (exact) mass is 272 g/mol. The van der Waals surface area contributed by atoms with Gasteiger partial charge in [-0.05, 0) is 18.4 Å². The van der Waals surface area contributed by atoms with Crippen molar-refractivity contribution < 1.29 is 14.3 Å². The van der Waals surface area contributed by atoms with E-state index in [1.165, 1.54) is 0 Å². The molecule has 1 fully saturated rings. The lowest BCUT2D eigenvalue weighted by molar-refractivity contribution is -0.139. The third kappa shape index (κ3) is 2.19. The van der Waals surface area contributed by atoms with Gasteiger partial charge in [-0.2, -0.15) is 0 Å². The lowest BCUT2D eigenvalue weighted by Crippen LogP contribution is -2.16. The minimum Gasteiger partial charge on any atom is -0.481 e. The summed E-state index contributed by atoms with van der Waals surface area (Å²) in [5, 5.41) is 17.1. The highest BCUT2D eigenvalue weighted by molar-refractivity contribution is 5.77. The van der Waals surface area contributed by atoms with Crippen LogP contribution in [0.3, 0.4) is 0 Å². The second-order valence-corrected chi connectivity index (χ2v) is 5.33. The fraction of sp³-hybridized carbons (Fsp3) is 0.400. The highest BCUT2D eigenvalue weighted by atomic mass is 16.4. The normalized spacial score (nSPS) is 24.6. The molecule has 1 aromatic carbocycles. The van der Waals surface area contributed by atoms with Crippen molar-refractivity contribution in [1.29, 1.82) is 0 Å². The Morgan fingerprint density at radius 1 is 1.40 bits per heavy atom. The number of hydrogen-bond donors (Lipinski definition) is 1. The molecule has 5 nitrogen and oxygen atoms in total. The molecule has 1 heterocycles. The zero-order valence-corrected chi connectivity index (χ0v) is 11.2. The zero-order chi connectivity index (χ0) is 14.2. The average molecular weight is 272 g/mol. The Bertz CT molecular complexity index is 623. The zero-order valence-electron chi connectivity index (χ0n) is 11.2. The highest BCUT2D eigenvalue weighted by Crippen LogP contribution is 2.57. The van der Waals surface area contributed by atoms with Crippen LogP contribution in [0.1, 0.15) is 30.2 Å². The summed E-state index contributed by atoms with van der Waals surface area (Å²) in [6, 6.07) is 9.84. The molecule has 1 aliphatic carbocycles. The molecule has 0 saturated heterocycles. The molecular weight excluding hydrogens is 256 g/mol. The largest absolute Gasteiger partial charge is 0.481 e. The quantitative estimate of drug-likeness (QED) is 0.904. The first-order chi connectivity index (χ1) is 9.62. The SMILES string of the molecule is Cc1nnc(CCC2(c3ccccc3)CC2C(=O)O)o1. The molecule has 1 saturated carbocycles. The van der Waals surface area contributed by atoms with Gasteiger partial charge in [0.25, 0.3) is 0 Å². The van der Waals surface area contributed by atoms with Gasteiger partial charge in [-0.25, -0.2) is 0 Å². The van der Waals surface area contributed by atoms with E-state index in [0.29, 0.717) is 24.6 Å². The summed E-state index contributed by atoms with van der Waals surface area (Å²) in [5.74, 6) is 0.0812. The Hall–Kier alpha value is -2.17. The molecule has 0 bridgehead atoms. The van der Waals surface area contributed by atoms with E-state index in [9.17, 15) is 9.90 Å². The summed E-state index contributed by atoms with van der Waals surface area (Å²) < 4.78 is 5.37. The summed E-state index contributed by atoms with van der Waals surface area (Å²) in [6.45, 7) is 1.75. The van der Waals surface area contributed by atoms with Crippen LogP contribution in [0.25, 0.3) is 0 Å². The van der Waals surface area contributed by atoms with Crippen molar-refractivity contribution in [2.75, 3.05) is 0 Å². The molecule has 0 amide bonds. The summed E-state index contributed by atoms with van der Waals surface area (Å²) >= 11 is 0. The first-order valence-electron chi connectivity index (χ1n) is 6.69. The van der Waals surface area contributed by atoms with Crippen LogP contribution in [0.4, 0.5) is 0 Å². The number of carboxylic acids is 1. The van der Waals surface area contributed by atoms with Crippen molar-refractivity contribution in [3.05, 3.63) is 47.7 Å². The Kier molecular flexibility index (Phi) is 3.04. The van der Waals surface area contributed by atoms with Crippen molar-refractivity contribution in [3.63, 3.8) is 0 Å². The molecule has 20 heavy (non-hydrogen) atoms. The molecule has 0 radical (unpaired) electrons. The van der Waals surface area contributed by atoms with E-state index < -0.39 is 5.97 Å². The molecule has 1 N–H and O–H groups in total. The third-order valence-corrected chi connectivity index (χ3v) is 4.07. The van der Waals surface area contributed by atoms with Gasteiger partial charge < -0.3 is 9.52 Å². The van der Waals surface area contributed by atoms with Crippen molar-refractivity contribution in [1.82, 2.24) is 10.2 Å². The molecule has 1 aliphatic rings.